The number of ether oxygens (including phenoxy) is 1. The average molecular weight is 427 g/mol. The number of carbonyl (C=O) groups excluding carboxylic acids is 2. The lowest BCUT2D eigenvalue weighted by Crippen LogP contribution is -2.21. The second kappa shape index (κ2) is 9.45. The standard InChI is InChI=1S/C22H23ClN4O3/c1-4-27-12-18(20(26-27)22(29)24-3)25-21(28)16-7-5-6-15(11-16)13-30-19-9-8-17(23)10-14(19)2/h5-12H,4,13H2,1-3H3,(H,24,29)(H,25,28). The first kappa shape index (κ1) is 21.4. The van der Waals surface area contributed by atoms with Crippen LogP contribution >= 0.6 is 11.6 Å². The van der Waals surface area contributed by atoms with Crippen molar-refractivity contribution in [2.45, 2.75) is 27.0 Å². The highest BCUT2D eigenvalue weighted by atomic mass is 35.5. The first-order chi connectivity index (χ1) is 14.4. The Morgan fingerprint density at radius 2 is 1.97 bits per heavy atom. The number of anilines is 1. The van der Waals surface area contributed by atoms with Crippen LogP contribution in [0.3, 0.4) is 0 Å². The van der Waals surface area contributed by atoms with Gasteiger partial charge >= 0.3 is 0 Å². The maximum atomic E-state index is 12.8. The van der Waals surface area contributed by atoms with Gasteiger partial charge in [-0.2, -0.15) is 5.10 Å². The van der Waals surface area contributed by atoms with Crippen LogP contribution in [0.4, 0.5) is 5.69 Å². The summed E-state index contributed by atoms with van der Waals surface area (Å²) in [6.07, 6.45) is 1.64. The average Bonchev–Trinajstić information content (AvgIpc) is 3.15. The summed E-state index contributed by atoms with van der Waals surface area (Å²) in [7, 11) is 1.52. The molecule has 0 atom stereocenters. The number of halogens is 1. The molecule has 0 saturated carbocycles. The lowest BCUT2D eigenvalue weighted by Gasteiger charge is -2.10. The van der Waals surface area contributed by atoms with Gasteiger partial charge in [0.05, 0.1) is 5.69 Å². The van der Waals surface area contributed by atoms with Crippen LogP contribution in [-0.2, 0) is 13.2 Å². The minimum absolute atomic E-state index is 0.172. The van der Waals surface area contributed by atoms with E-state index in [1.165, 1.54) is 7.05 Å². The summed E-state index contributed by atoms with van der Waals surface area (Å²) in [6.45, 7) is 4.71. The molecule has 0 aliphatic rings. The number of amides is 2. The molecule has 0 bridgehead atoms. The predicted octanol–water partition coefficient (Wildman–Crippen LogP) is 4.06. The van der Waals surface area contributed by atoms with Crippen molar-refractivity contribution in [3.8, 4) is 5.75 Å². The second-order valence-corrected chi connectivity index (χ2v) is 7.12. The monoisotopic (exact) mass is 426 g/mol. The predicted molar refractivity (Wildman–Crippen MR) is 116 cm³/mol. The number of nitrogens with zero attached hydrogens (tertiary/aromatic N) is 2. The van der Waals surface area contributed by atoms with Crippen LogP contribution in [-0.4, -0.2) is 28.6 Å². The van der Waals surface area contributed by atoms with E-state index in [0.29, 0.717) is 29.4 Å². The SMILES string of the molecule is CCn1cc(NC(=O)c2cccc(COc3ccc(Cl)cc3C)c2)c(C(=O)NC)n1. The molecule has 30 heavy (non-hydrogen) atoms. The van der Waals surface area contributed by atoms with E-state index < -0.39 is 0 Å². The van der Waals surface area contributed by atoms with Gasteiger partial charge in [-0.25, -0.2) is 0 Å². The summed E-state index contributed by atoms with van der Waals surface area (Å²) in [5.41, 5.74) is 2.76. The topological polar surface area (TPSA) is 85.2 Å². The van der Waals surface area contributed by atoms with Crippen molar-refractivity contribution in [1.82, 2.24) is 15.1 Å². The maximum Gasteiger partial charge on any atom is 0.273 e. The Bertz CT molecular complexity index is 1080. The van der Waals surface area contributed by atoms with E-state index in [0.717, 1.165) is 16.9 Å². The number of rotatable bonds is 7. The van der Waals surface area contributed by atoms with Gasteiger partial charge in [-0.15, -0.1) is 0 Å². The number of hydrogen-bond donors (Lipinski definition) is 2. The Balaban J connectivity index is 1.73. The minimum atomic E-state index is -0.363. The normalized spacial score (nSPS) is 10.5. The van der Waals surface area contributed by atoms with Gasteiger partial charge in [-0.1, -0.05) is 23.7 Å². The van der Waals surface area contributed by atoms with Crippen LogP contribution in [0.15, 0.2) is 48.7 Å². The molecule has 7 nitrogen and oxygen atoms in total. The van der Waals surface area contributed by atoms with E-state index in [-0.39, 0.29) is 17.5 Å². The van der Waals surface area contributed by atoms with E-state index in [9.17, 15) is 9.59 Å². The van der Waals surface area contributed by atoms with Crippen LogP contribution in [0, 0.1) is 6.92 Å². The first-order valence-electron chi connectivity index (χ1n) is 9.50. The molecular weight excluding hydrogens is 404 g/mol. The van der Waals surface area contributed by atoms with E-state index in [1.807, 2.05) is 32.0 Å². The number of aryl methyl sites for hydroxylation is 2. The molecule has 2 aromatic carbocycles. The molecule has 0 saturated heterocycles. The van der Waals surface area contributed by atoms with E-state index >= 15 is 0 Å². The Hall–Kier alpha value is -3.32. The van der Waals surface area contributed by atoms with Gasteiger partial charge in [0.25, 0.3) is 11.8 Å². The Kier molecular flexibility index (Phi) is 6.74. The Morgan fingerprint density at radius 3 is 2.67 bits per heavy atom. The van der Waals surface area contributed by atoms with Crippen molar-refractivity contribution in [2.75, 3.05) is 12.4 Å². The zero-order valence-corrected chi connectivity index (χ0v) is 17.8. The molecule has 1 aromatic heterocycles. The fourth-order valence-corrected chi connectivity index (χ4v) is 3.12. The molecule has 2 amide bonds. The van der Waals surface area contributed by atoms with Crippen molar-refractivity contribution in [2.24, 2.45) is 0 Å². The van der Waals surface area contributed by atoms with Crippen LogP contribution < -0.4 is 15.4 Å². The molecule has 0 radical (unpaired) electrons. The fraction of sp³-hybridized carbons (Fsp3) is 0.227. The van der Waals surface area contributed by atoms with Gasteiger partial charge in [0.1, 0.15) is 12.4 Å². The first-order valence-corrected chi connectivity index (χ1v) is 9.87. The third kappa shape index (κ3) is 4.99. The molecule has 0 aliphatic carbocycles. The summed E-state index contributed by atoms with van der Waals surface area (Å²) in [4.78, 5) is 24.8. The van der Waals surface area contributed by atoms with Crippen LogP contribution in [0.5, 0.6) is 5.75 Å². The fourth-order valence-electron chi connectivity index (χ4n) is 2.89. The Labute approximate surface area is 180 Å². The van der Waals surface area contributed by atoms with Gasteiger partial charge in [0, 0.05) is 30.4 Å². The van der Waals surface area contributed by atoms with Crippen LogP contribution in [0.2, 0.25) is 5.02 Å². The zero-order valence-electron chi connectivity index (χ0n) is 17.0. The molecule has 0 spiro atoms. The molecule has 1 heterocycles. The smallest absolute Gasteiger partial charge is 0.273 e. The van der Waals surface area contributed by atoms with Crippen LogP contribution in [0.25, 0.3) is 0 Å². The van der Waals surface area contributed by atoms with Gasteiger partial charge < -0.3 is 15.4 Å². The lowest BCUT2D eigenvalue weighted by atomic mass is 10.1. The molecule has 8 heteroatoms. The molecular formula is C22H23ClN4O3. The third-order valence-corrected chi connectivity index (χ3v) is 4.73. The van der Waals surface area contributed by atoms with Crippen molar-refractivity contribution in [1.29, 1.82) is 0 Å². The summed E-state index contributed by atoms with van der Waals surface area (Å²) < 4.78 is 7.45. The van der Waals surface area contributed by atoms with E-state index in [2.05, 4.69) is 15.7 Å². The number of nitrogens with one attached hydrogen (secondary N) is 2. The van der Waals surface area contributed by atoms with Gasteiger partial charge in [0.2, 0.25) is 0 Å². The van der Waals surface area contributed by atoms with Gasteiger partial charge in [-0.05, 0) is 55.3 Å². The van der Waals surface area contributed by atoms with Crippen molar-refractivity contribution in [3.05, 3.63) is 76.1 Å². The molecule has 3 rings (SSSR count). The van der Waals surface area contributed by atoms with Crippen molar-refractivity contribution >= 4 is 29.1 Å². The lowest BCUT2D eigenvalue weighted by molar-refractivity contribution is 0.0958. The molecule has 3 aromatic rings. The summed E-state index contributed by atoms with van der Waals surface area (Å²) in [6, 6.07) is 12.6. The largest absolute Gasteiger partial charge is 0.489 e. The number of carbonyl (C=O) groups is 2. The second-order valence-electron chi connectivity index (χ2n) is 6.68. The van der Waals surface area contributed by atoms with Crippen molar-refractivity contribution < 1.29 is 14.3 Å². The summed E-state index contributed by atoms with van der Waals surface area (Å²) >= 11 is 5.98. The molecule has 156 valence electrons. The number of hydrogen-bond acceptors (Lipinski definition) is 4. The van der Waals surface area contributed by atoms with E-state index in [1.54, 1.807) is 35.1 Å². The zero-order chi connectivity index (χ0) is 21.7. The number of benzene rings is 2. The number of aromatic nitrogens is 2. The van der Waals surface area contributed by atoms with E-state index in [4.69, 9.17) is 16.3 Å². The quantitative estimate of drug-likeness (QED) is 0.596. The summed E-state index contributed by atoms with van der Waals surface area (Å²) in [5, 5.41) is 10.2. The minimum Gasteiger partial charge on any atom is -0.489 e. The highest BCUT2D eigenvalue weighted by molar-refractivity contribution is 6.30. The van der Waals surface area contributed by atoms with Gasteiger partial charge in [-0.3, -0.25) is 14.3 Å². The Morgan fingerprint density at radius 1 is 1.17 bits per heavy atom. The highest BCUT2D eigenvalue weighted by Gasteiger charge is 2.18. The molecule has 0 unspecified atom stereocenters. The maximum absolute atomic E-state index is 12.8. The molecule has 2 N–H and O–H groups in total. The van der Waals surface area contributed by atoms with Crippen LogP contribution in [0.1, 0.15) is 38.9 Å². The van der Waals surface area contributed by atoms with Gasteiger partial charge in [0.15, 0.2) is 5.69 Å². The van der Waals surface area contributed by atoms with Crippen molar-refractivity contribution in [3.63, 3.8) is 0 Å². The highest BCUT2D eigenvalue weighted by Crippen LogP contribution is 2.23. The molecule has 0 aliphatic heterocycles. The summed E-state index contributed by atoms with van der Waals surface area (Å²) in [5.74, 6) is 0.0368. The third-order valence-electron chi connectivity index (χ3n) is 4.50. The molecule has 0 fully saturated rings.